The van der Waals surface area contributed by atoms with Crippen molar-refractivity contribution in [3.8, 4) is 0 Å². The van der Waals surface area contributed by atoms with Gasteiger partial charge < -0.3 is 9.88 Å². The first-order chi connectivity index (χ1) is 11.1. The van der Waals surface area contributed by atoms with Crippen molar-refractivity contribution >= 4 is 17.5 Å². The number of carbonyl (C=O) groups excluding carboxylic acids is 1. The van der Waals surface area contributed by atoms with Crippen LogP contribution in [0.1, 0.15) is 35.8 Å². The van der Waals surface area contributed by atoms with Gasteiger partial charge in [-0.05, 0) is 37.3 Å². The molecule has 2 aromatic rings. The molecule has 1 fully saturated rings. The summed E-state index contributed by atoms with van der Waals surface area (Å²) in [5.74, 6) is 1.65. The molecule has 3 atom stereocenters. The highest BCUT2D eigenvalue weighted by Gasteiger charge is 2.45. The molecule has 5 heteroatoms. The van der Waals surface area contributed by atoms with E-state index in [4.69, 9.17) is 11.6 Å². The van der Waals surface area contributed by atoms with Crippen LogP contribution in [0, 0.1) is 12.8 Å². The Hall–Kier alpha value is -1.81. The third kappa shape index (κ3) is 2.88. The molecule has 1 aliphatic carbocycles. The molecule has 1 aliphatic heterocycles. The lowest BCUT2D eigenvalue weighted by molar-refractivity contribution is -0.123. The molecular weight excluding hydrogens is 310 g/mol. The van der Waals surface area contributed by atoms with Crippen LogP contribution < -0.4 is 5.32 Å². The number of benzene rings is 1. The molecule has 4 rings (SSSR count). The molecule has 1 amide bonds. The van der Waals surface area contributed by atoms with E-state index >= 15 is 0 Å². The van der Waals surface area contributed by atoms with Gasteiger partial charge in [0.1, 0.15) is 5.82 Å². The van der Waals surface area contributed by atoms with E-state index in [1.807, 2.05) is 31.2 Å². The minimum atomic E-state index is 0.0702. The maximum Gasteiger partial charge on any atom is 0.224 e. The number of halogens is 1. The van der Waals surface area contributed by atoms with Crippen molar-refractivity contribution in [2.75, 3.05) is 0 Å². The summed E-state index contributed by atoms with van der Waals surface area (Å²) in [6.07, 6.45) is 4.86. The number of amides is 1. The van der Waals surface area contributed by atoms with Crippen molar-refractivity contribution in [1.82, 2.24) is 14.9 Å². The second-order valence-electron chi connectivity index (χ2n) is 6.67. The van der Waals surface area contributed by atoms with Crippen molar-refractivity contribution in [1.29, 1.82) is 0 Å². The summed E-state index contributed by atoms with van der Waals surface area (Å²) in [5.41, 5.74) is 2.15. The van der Waals surface area contributed by atoms with E-state index in [0.29, 0.717) is 0 Å². The van der Waals surface area contributed by atoms with Gasteiger partial charge in [0.15, 0.2) is 0 Å². The summed E-state index contributed by atoms with van der Waals surface area (Å²) in [6.45, 7) is 2.84. The number of nitrogens with one attached hydrogen (secondary N) is 1. The van der Waals surface area contributed by atoms with Gasteiger partial charge in [-0.2, -0.15) is 0 Å². The van der Waals surface area contributed by atoms with Crippen molar-refractivity contribution in [2.24, 2.45) is 5.92 Å². The molecule has 2 aliphatic rings. The van der Waals surface area contributed by atoms with Crippen LogP contribution in [0.5, 0.6) is 0 Å². The van der Waals surface area contributed by atoms with Crippen LogP contribution in [0.15, 0.2) is 30.5 Å². The number of carbonyl (C=O) groups is 1. The van der Waals surface area contributed by atoms with Crippen LogP contribution in [0.2, 0.25) is 5.02 Å². The number of nitrogens with zero attached hydrogens (tertiary/aromatic N) is 2. The Morgan fingerprint density at radius 3 is 3.04 bits per heavy atom. The van der Waals surface area contributed by atoms with Gasteiger partial charge in [0.2, 0.25) is 5.91 Å². The van der Waals surface area contributed by atoms with Gasteiger partial charge >= 0.3 is 0 Å². The molecule has 4 nitrogen and oxygen atoms in total. The fourth-order valence-corrected chi connectivity index (χ4v) is 3.89. The number of imidazole rings is 1. The van der Waals surface area contributed by atoms with E-state index < -0.39 is 0 Å². The molecule has 0 bridgehead atoms. The fourth-order valence-electron chi connectivity index (χ4n) is 3.62. The monoisotopic (exact) mass is 329 g/mol. The summed E-state index contributed by atoms with van der Waals surface area (Å²) in [4.78, 5) is 17.0. The first-order valence-electron chi connectivity index (χ1n) is 8.19. The lowest BCUT2D eigenvalue weighted by atomic mass is 10.1. The van der Waals surface area contributed by atoms with Crippen molar-refractivity contribution in [2.45, 2.75) is 44.7 Å². The number of rotatable bonds is 3. The van der Waals surface area contributed by atoms with Crippen LogP contribution in [0.4, 0.5) is 0 Å². The number of fused-ring (bicyclic) bond motifs is 1. The van der Waals surface area contributed by atoms with Crippen molar-refractivity contribution in [3.05, 3.63) is 52.6 Å². The molecule has 1 aromatic heterocycles. The Morgan fingerprint density at radius 1 is 1.39 bits per heavy atom. The number of aromatic nitrogens is 2. The summed E-state index contributed by atoms with van der Waals surface area (Å²) in [6, 6.07) is 8.04. The standard InChI is InChI=1S/C18H20ClN3O/c1-11-9-22-10-12(6-7-17(22)20-11)21-18(23)15-8-14(15)13-4-2-3-5-16(13)19/h2-5,9,12,14-15H,6-8,10H2,1H3,(H,21,23)/t12-,14-,15-/m0/s1. The van der Waals surface area contributed by atoms with Crippen LogP contribution in [0.25, 0.3) is 0 Å². The minimum Gasteiger partial charge on any atom is -0.351 e. The van der Waals surface area contributed by atoms with Gasteiger partial charge in [0, 0.05) is 36.1 Å². The molecule has 1 aromatic carbocycles. The molecule has 1 N–H and O–H groups in total. The second-order valence-corrected chi connectivity index (χ2v) is 7.07. The predicted octanol–water partition coefficient (Wildman–Crippen LogP) is 3.08. The van der Waals surface area contributed by atoms with Gasteiger partial charge in [0.25, 0.3) is 0 Å². The highest BCUT2D eigenvalue weighted by atomic mass is 35.5. The van der Waals surface area contributed by atoms with Crippen molar-refractivity contribution in [3.63, 3.8) is 0 Å². The molecule has 120 valence electrons. The van der Waals surface area contributed by atoms with E-state index in [2.05, 4.69) is 21.1 Å². The number of aryl methyl sites for hydroxylation is 2. The van der Waals surface area contributed by atoms with E-state index in [0.717, 1.165) is 47.9 Å². The molecular formula is C18H20ClN3O. The molecule has 2 heterocycles. The van der Waals surface area contributed by atoms with E-state index in [-0.39, 0.29) is 23.8 Å². The zero-order valence-electron chi connectivity index (χ0n) is 13.1. The molecule has 0 unspecified atom stereocenters. The van der Waals surface area contributed by atoms with Crippen LogP contribution in [-0.2, 0) is 17.8 Å². The largest absolute Gasteiger partial charge is 0.351 e. The SMILES string of the molecule is Cc1cn2c(n1)CC[C@H](NC(=O)[C@H]1C[C@H]1c1ccccc1Cl)C2. The predicted molar refractivity (Wildman–Crippen MR) is 89.5 cm³/mol. The summed E-state index contributed by atoms with van der Waals surface area (Å²) in [7, 11) is 0. The maximum absolute atomic E-state index is 12.5. The fraction of sp³-hybridized carbons (Fsp3) is 0.444. The van der Waals surface area contributed by atoms with Crippen molar-refractivity contribution < 1.29 is 4.79 Å². The van der Waals surface area contributed by atoms with E-state index in [9.17, 15) is 4.79 Å². The molecule has 0 spiro atoms. The molecule has 0 saturated heterocycles. The van der Waals surface area contributed by atoms with E-state index in [1.165, 1.54) is 0 Å². The Balaban J connectivity index is 1.38. The lowest BCUT2D eigenvalue weighted by Crippen LogP contribution is -2.41. The smallest absolute Gasteiger partial charge is 0.224 e. The zero-order chi connectivity index (χ0) is 16.0. The van der Waals surface area contributed by atoms with Crippen LogP contribution in [-0.4, -0.2) is 21.5 Å². The Morgan fingerprint density at radius 2 is 2.22 bits per heavy atom. The second kappa shape index (κ2) is 5.68. The lowest BCUT2D eigenvalue weighted by Gasteiger charge is -2.24. The number of hydrogen-bond donors (Lipinski definition) is 1. The van der Waals surface area contributed by atoms with Crippen LogP contribution in [0.3, 0.4) is 0 Å². The molecule has 1 saturated carbocycles. The average Bonchev–Trinajstić information content (AvgIpc) is 3.23. The zero-order valence-corrected chi connectivity index (χ0v) is 13.9. The van der Waals surface area contributed by atoms with Crippen LogP contribution >= 0.6 is 11.6 Å². The quantitative estimate of drug-likeness (QED) is 0.940. The average molecular weight is 330 g/mol. The Labute approximate surface area is 140 Å². The van der Waals surface area contributed by atoms with Gasteiger partial charge in [-0.15, -0.1) is 0 Å². The summed E-state index contributed by atoms with van der Waals surface area (Å²) >= 11 is 6.24. The number of hydrogen-bond acceptors (Lipinski definition) is 2. The molecule has 0 radical (unpaired) electrons. The third-order valence-electron chi connectivity index (χ3n) is 4.89. The Kier molecular flexibility index (Phi) is 3.64. The highest BCUT2D eigenvalue weighted by Crippen LogP contribution is 2.49. The third-order valence-corrected chi connectivity index (χ3v) is 5.24. The topological polar surface area (TPSA) is 46.9 Å². The van der Waals surface area contributed by atoms with Gasteiger partial charge in [-0.25, -0.2) is 4.98 Å². The minimum absolute atomic E-state index is 0.0702. The van der Waals surface area contributed by atoms with Gasteiger partial charge in [-0.1, -0.05) is 29.8 Å². The maximum atomic E-state index is 12.5. The summed E-state index contributed by atoms with van der Waals surface area (Å²) < 4.78 is 2.17. The first kappa shape index (κ1) is 14.8. The summed E-state index contributed by atoms with van der Waals surface area (Å²) in [5, 5.41) is 3.99. The Bertz CT molecular complexity index is 754. The first-order valence-corrected chi connectivity index (χ1v) is 8.57. The normalized spacial score (nSPS) is 25.7. The van der Waals surface area contributed by atoms with Gasteiger partial charge in [-0.3, -0.25) is 4.79 Å². The molecule has 23 heavy (non-hydrogen) atoms. The highest BCUT2D eigenvalue weighted by molar-refractivity contribution is 6.31. The van der Waals surface area contributed by atoms with Gasteiger partial charge in [0.05, 0.1) is 5.69 Å². The van der Waals surface area contributed by atoms with E-state index in [1.54, 1.807) is 0 Å².